The van der Waals surface area contributed by atoms with E-state index in [1.807, 2.05) is 0 Å². The molecule has 14 nitrogen and oxygen atoms in total. The monoisotopic (exact) mass is 398 g/mol. The first-order valence-electron chi connectivity index (χ1n) is 6.83. The quantitative estimate of drug-likeness (QED) is 0.308. The number of carbonyl (C=O) groups is 2. The van der Waals surface area contributed by atoms with E-state index in [4.69, 9.17) is 19.8 Å². The molecule has 152 valence electrons. The highest BCUT2D eigenvalue weighted by molar-refractivity contribution is 5.69. The predicted molar refractivity (Wildman–Crippen MR) is 97.1 cm³/mol. The Balaban J connectivity index is 0. The van der Waals surface area contributed by atoms with E-state index in [1.54, 1.807) is 0 Å². The van der Waals surface area contributed by atoms with Gasteiger partial charge in [-0.25, -0.2) is 9.59 Å². The zero-order valence-electron chi connectivity index (χ0n) is 14.2. The topological polar surface area (TPSA) is 265 Å². The number of benzene rings is 2. The van der Waals surface area contributed by atoms with Crippen LogP contribution in [-0.4, -0.2) is 32.1 Å². The SMILES string of the molecule is NC(N)=O.NC(N)=O.O=[N+]([O-])c1cccc(O)c1.O=[N+]([O-])c1cccc(O)c1. The number of nitrogens with two attached hydrogens (primary N) is 4. The molecule has 0 atom stereocenters. The van der Waals surface area contributed by atoms with Gasteiger partial charge in [0.05, 0.1) is 22.0 Å². The maximum atomic E-state index is 10.0. The van der Waals surface area contributed by atoms with E-state index >= 15 is 0 Å². The molecule has 0 spiro atoms. The van der Waals surface area contributed by atoms with Crippen LogP contribution in [0.1, 0.15) is 0 Å². The Morgan fingerprint density at radius 1 is 0.714 bits per heavy atom. The van der Waals surface area contributed by atoms with Crippen molar-refractivity contribution in [3.63, 3.8) is 0 Å². The summed E-state index contributed by atoms with van der Waals surface area (Å²) < 4.78 is 0. The first-order chi connectivity index (χ1) is 12.9. The number of hydrogen-bond donors (Lipinski definition) is 6. The number of non-ortho nitro benzene ring substituents is 2. The average molecular weight is 398 g/mol. The van der Waals surface area contributed by atoms with Crippen molar-refractivity contribution < 1.29 is 29.6 Å². The van der Waals surface area contributed by atoms with Gasteiger partial charge < -0.3 is 33.1 Å². The fourth-order valence-electron chi connectivity index (χ4n) is 1.21. The van der Waals surface area contributed by atoms with E-state index < -0.39 is 21.9 Å². The van der Waals surface area contributed by atoms with Crippen LogP contribution in [0.25, 0.3) is 0 Å². The van der Waals surface area contributed by atoms with E-state index in [2.05, 4.69) is 22.9 Å². The lowest BCUT2D eigenvalue weighted by Gasteiger charge is -1.89. The number of urea groups is 2. The Morgan fingerprint density at radius 2 is 0.964 bits per heavy atom. The smallest absolute Gasteiger partial charge is 0.309 e. The number of primary amides is 4. The summed E-state index contributed by atoms with van der Waals surface area (Å²) in [5, 5.41) is 37.6. The minimum Gasteiger partial charge on any atom is -0.508 e. The molecule has 2 rings (SSSR count). The van der Waals surface area contributed by atoms with Crippen molar-refractivity contribution in [1.82, 2.24) is 0 Å². The number of amides is 4. The maximum absolute atomic E-state index is 10.0. The molecule has 4 amide bonds. The van der Waals surface area contributed by atoms with E-state index in [0.717, 1.165) is 12.1 Å². The van der Waals surface area contributed by atoms with Gasteiger partial charge in [0.2, 0.25) is 0 Å². The van der Waals surface area contributed by atoms with Crippen LogP contribution in [0.5, 0.6) is 11.5 Å². The highest BCUT2D eigenvalue weighted by Gasteiger charge is 2.03. The molecular formula is C14H18N6O8. The molecule has 0 radical (unpaired) electrons. The molecule has 0 heterocycles. The minimum absolute atomic E-state index is 0.0887. The first kappa shape index (κ1) is 25.6. The summed E-state index contributed by atoms with van der Waals surface area (Å²) in [5.74, 6) is -0.177. The third-order valence-electron chi connectivity index (χ3n) is 2.08. The average Bonchev–Trinajstić information content (AvgIpc) is 2.54. The first-order valence-corrected chi connectivity index (χ1v) is 6.83. The molecule has 0 bridgehead atoms. The summed E-state index contributed by atoms with van der Waals surface area (Å²) >= 11 is 0. The van der Waals surface area contributed by atoms with Gasteiger partial charge in [0.15, 0.2) is 0 Å². The highest BCUT2D eigenvalue weighted by atomic mass is 16.6. The van der Waals surface area contributed by atoms with Gasteiger partial charge in [0, 0.05) is 12.1 Å². The van der Waals surface area contributed by atoms with Crippen molar-refractivity contribution in [3.05, 3.63) is 68.8 Å². The molecule has 0 aliphatic rings. The molecule has 10 N–H and O–H groups in total. The fourth-order valence-corrected chi connectivity index (χ4v) is 1.21. The van der Waals surface area contributed by atoms with Crippen LogP contribution in [0.2, 0.25) is 0 Å². The molecule has 0 saturated carbocycles. The number of carbonyl (C=O) groups excluding carboxylic acids is 2. The normalized spacial score (nSPS) is 8.29. The molecule has 0 fully saturated rings. The number of phenolic OH excluding ortho intramolecular Hbond substituents is 2. The van der Waals surface area contributed by atoms with Crippen LogP contribution in [-0.2, 0) is 0 Å². The predicted octanol–water partition coefficient (Wildman–Crippen LogP) is 0.648. The van der Waals surface area contributed by atoms with Gasteiger partial charge in [-0.05, 0) is 12.1 Å². The summed E-state index contributed by atoms with van der Waals surface area (Å²) in [4.78, 5) is 37.0. The lowest BCUT2D eigenvalue weighted by atomic mass is 10.3. The molecule has 0 aliphatic heterocycles. The van der Waals surface area contributed by atoms with Gasteiger partial charge in [-0.1, -0.05) is 12.1 Å². The van der Waals surface area contributed by atoms with E-state index in [-0.39, 0.29) is 22.9 Å². The largest absolute Gasteiger partial charge is 0.508 e. The molecule has 0 unspecified atom stereocenters. The number of nitrogens with zero attached hydrogens (tertiary/aromatic N) is 2. The summed E-state index contributed by atoms with van der Waals surface area (Å²) in [6, 6.07) is 8.78. The maximum Gasteiger partial charge on any atom is 0.309 e. The van der Waals surface area contributed by atoms with Crippen molar-refractivity contribution in [3.8, 4) is 11.5 Å². The van der Waals surface area contributed by atoms with Gasteiger partial charge in [-0.15, -0.1) is 0 Å². The van der Waals surface area contributed by atoms with Crippen molar-refractivity contribution >= 4 is 23.4 Å². The zero-order chi connectivity index (χ0) is 22.3. The second-order valence-electron chi connectivity index (χ2n) is 4.36. The van der Waals surface area contributed by atoms with Crippen LogP contribution in [0.4, 0.5) is 21.0 Å². The van der Waals surface area contributed by atoms with Crippen LogP contribution >= 0.6 is 0 Å². The Labute approximate surface area is 157 Å². The Morgan fingerprint density at radius 3 is 1.11 bits per heavy atom. The standard InChI is InChI=1S/2C6H5NO3.2CH4N2O/c2*8-6-3-1-2-5(4-6)7(9)10;2*2-1(3)4/h2*1-4,8H;2*(H4,2,3,4). The van der Waals surface area contributed by atoms with E-state index in [1.165, 1.54) is 36.4 Å². The fraction of sp³-hybridized carbons (Fsp3) is 0. The van der Waals surface area contributed by atoms with Crippen LogP contribution in [0.15, 0.2) is 48.5 Å². The lowest BCUT2D eigenvalue weighted by molar-refractivity contribution is -0.385. The Kier molecular flexibility index (Phi) is 12.5. The molecule has 0 aromatic heterocycles. The van der Waals surface area contributed by atoms with E-state index in [9.17, 15) is 20.2 Å². The molecule has 14 heteroatoms. The summed E-state index contributed by atoms with van der Waals surface area (Å²) in [7, 11) is 0. The second-order valence-corrected chi connectivity index (χ2v) is 4.36. The summed E-state index contributed by atoms with van der Waals surface area (Å²) in [5.41, 5.74) is 16.8. The van der Waals surface area contributed by atoms with E-state index in [0.29, 0.717) is 0 Å². The van der Waals surface area contributed by atoms with Gasteiger partial charge in [-0.3, -0.25) is 20.2 Å². The van der Waals surface area contributed by atoms with Gasteiger partial charge in [-0.2, -0.15) is 0 Å². The third-order valence-corrected chi connectivity index (χ3v) is 2.08. The molecular weight excluding hydrogens is 380 g/mol. The lowest BCUT2D eigenvalue weighted by Crippen LogP contribution is -2.18. The van der Waals surface area contributed by atoms with Crippen molar-refractivity contribution in [2.24, 2.45) is 22.9 Å². The number of aromatic hydroxyl groups is 2. The Hall–Kier alpha value is -4.62. The number of nitro benzene ring substituents is 2. The van der Waals surface area contributed by atoms with Gasteiger partial charge in [0.25, 0.3) is 11.4 Å². The van der Waals surface area contributed by atoms with Crippen molar-refractivity contribution in [2.75, 3.05) is 0 Å². The molecule has 28 heavy (non-hydrogen) atoms. The minimum atomic E-state index is -0.833. The number of hydrogen-bond acceptors (Lipinski definition) is 8. The van der Waals surface area contributed by atoms with Gasteiger partial charge in [0.1, 0.15) is 11.5 Å². The number of rotatable bonds is 2. The van der Waals surface area contributed by atoms with Crippen LogP contribution < -0.4 is 22.9 Å². The third kappa shape index (κ3) is 16.2. The Bertz CT molecular complexity index is 738. The number of nitro groups is 2. The molecule has 0 saturated heterocycles. The summed E-state index contributed by atoms with van der Waals surface area (Å²) in [6.07, 6.45) is 0. The molecule has 0 aliphatic carbocycles. The van der Waals surface area contributed by atoms with Crippen molar-refractivity contribution in [1.29, 1.82) is 0 Å². The van der Waals surface area contributed by atoms with Gasteiger partial charge >= 0.3 is 12.1 Å². The second kappa shape index (κ2) is 13.6. The van der Waals surface area contributed by atoms with Crippen LogP contribution in [0, 0.1) is 20.2 Å². The van der Waals surface area contributed by atoms with Crippen LogP contribution in [0.3, 0.4) is 0 Å². The zero-order valence-corrected chi connectivity index (χ0v) is 14.2. The highest BCUT2D eigenvalue weighted by Crippen LogP contribution is 2.17. The molecule has 2 aromatic rings. The van der Waals surface area contributed by atoms with Crippen molar-refractivity contribution in [2.45, 2.75) is 0 Å². The number of phenols is 2. The molecule has 2 aromatic carbocycles. The summed E-state index contributed by atoms with van der Waals surface area (Å²) in [6.45, 7) is 0.